The Bertz CT molecular complexity index is 1280. The minimum atomic E-state index is -4.59. The fraction of sp³-hybridized carbons (Fsp3) is 0.417. The van der Waals surface area contributed by atoms with E-state index in [1.165, 1.54) is 11.3 Å². The predicted octanol–water partition coefficient (Wildman–Crippen LogP) is 4.61. The number of benzene rings is 1. The number of nitrogens with zero attached hydrogens (tertiary/aromatic N) is 3. The van der Waals surface area contributed by atoms with E-state index < -0.39 is 47.3 Å². The molecule has 0 radical (unpaired) electrons. The number of carbonyl (C=O) groups is 1. The second-order valence-corrected chi connectivity index (χ2v) is 10.6. The van der Waals surface area contributed by atoms with Crippen molar-refractivity contribution in [2.45, 2.75) is 51.5 Å². The molecular formula is C24H25F3N4O4S. The maximum Gasteiger partial charge on any atom is 0.433 e. The van der Waals surface area contributed by atoms with Crippen LogP contribution in [0.4, 0.5) is 24.8 Å². The zero-order chi connectivity index (χ0) is 26.4. The molecule has 0 aliphatic heterocycles. The number of aryl methyl sites for hydroxylation is 1. The van der Waals surface area contributed by atoms with Crippen molar-refractivity contribution >= 4 is 28.9 Å². The molecular weight excluding hydrogens is 497 g/mol. The lowest BCUT2D eigenvalue weighted by atomic mass is 9.62. The molecule has 12 heteroatoms. The first-order valence-electron chi connectivity index (χ1n) is 11.1. The van der Waals surface area contributed by atoms with Crippen molar-refractivity contribution in [3.05, 3.63) is 52.9 Å². The van der Waals surface area contributed by atoms with Crippen LogP contribution in [0.3, 0.4) is 0 Å². The van der Waals surface area contributed by atoms with Crippen molar-refractivity contribution in [1.82, 2.24) is 15.0 Å². The second kappa shape index (κ2) is 9.41. The molecule has 1 aromatic carbocycles. The number of hydrogen-bond acceptors (Lipinski definition) is 8. The van der Waals surface area contributed by atoms with Crippen molar-refractivity contribution in [3.63, 3.8) is 0 Å². The van der Waals surface area contributed by atoms with Gasteiger partial charge >= 0.3 is 12.1 Å². The molecule has 1 aliphatic rings. The fourth-order valence-corrected chi connectivity index (χ4v) is 5.66. The minimum Gasteiger partial charge on any atom is -0.481 e. The summed E-state index contributed by atoms with van der Waals surface area (Å²) in [4.78, 5) is 24.2. The molecule has 4 rings (SSSR count). The third-order valence-electron chi connectivity index (χ3n) is 6.56. The summed E-state index contributed by atoms with van der Waals surface area (Å²) >= 11 is 1.25. The summed E-state index contributed by atoms with van der Waals surface area (Å²) in [6.07, 6.45) is -4.19. The van der Waals surface area contributed by atoms with E-state index in [0.29, 0.717) is 15.6 Å². The SMILES string of the molecule is Cc1cc(Nc2nccc(C(F)(F)F)n2)cc(-c2cnc(C3C(O)CC(C(=O)O)C(C)(C)C3O)s2)c1. The Morgan fingerprint density at radius 2 is 1.92 bits per heavy atom. The average molecular weight is 523 g/mol. The monoisotopic (exact) mass is 522 g/mol. The number of anilines is 2. The smallest absolute Gasteiger partial charge is 0.433 e. The van der Waals surface area contributed by atoms with E-state index in [4.69, 9.17) is 0 Å². The van der Waals surface area contributed by atoms with Crippen molar-refractivity contribution in [3.8, 4) is 10.4 Å². The van der Waals surface area contributed by atoms with E-state index in [1.807, 2.05) is 13.0 Å². The van der Waals surface area contributed by atoms with E-state index in [-0.39, 0.29) is 12.4 Å². The van der Waals surface area contributed by atoms with E-state index in [9.17, 15) is 33.3 Å². The van der Waals surface area contributed by atoms with Crippen LogP contribution in [-0.4, -0.2) is 48.4 Å². The van der Waals surface area contributed by atoms with Crippen LogP contribution in [-0.2, 0) is 11.0 Å². The van der Waals surface area contributed by atoms with Gasteiger partial charge in [0.05, 0.1) is 28.9 Å². The Labute approximate surface area is 208 Å². The summed E-state index contributed by atoms with van der Waals surface area (Å²) < 4.78 is 39.0. The van der Waals surface area contributed by atoms with Gasteiger partial charge in [-0.2, -0.15) is 13.2 Å². The topological polar surface area (TPSA) is 128 Å². The van der Waals surface area contributed by atoms with Gasteiger partial charge in [-0.15, -0.1) is 11.3 Å². The van der Waals surface area contributed by atoms with E-state index in [2.05, 4.69) is 20.3 Å². The highest BCUT2D eigenvalue weighted by atomic mass is 32.1. The highest BCUT2D eigenvalue weighted by Gasteiger charge is 2.52. The quantitative estimate of drug-likeness (QED) is 0.383. The number of hydrogen-bond donors (Lipinski definition) is 4. The number of aliphatic hydroxyl groups excluding tert-OH is 2. The molecule has 4 atom stereocenters. The van der Waals surface area contributed by atoms with Gasteiger partial charge in [0, 0.05) is 23.5 Å². The van der Waals surface area contributed by atoms with Gasteiger partial charge in [0.15, 0.2) is 0 Å². The van der Waals surface area contributed by atoms with Crippen molar-refractivity contribution < 1.29 is 33.3 Å². The predicted molar refractivity (Wildman–Crippen MR) is 127 cm³/mol. The van der Waals surface area contributed by atoms with Gasteiger partial charge in [-0.3, -0.25) is 4.79 Å². The summed E-state index contributed by atoms with van der Waals surface area (Å²) in [5.41, 5.74) is -0.0247. The second-order valence-electron chi connectivity index (χ2n) is 9.52. The molecule has 1 aliphatic carbocycles. The number of aromatic nitrogens is 3. The van der Waals surface area contributed by atoms with Crippen LogP contribution in [0.5, 0.6) is 0 Å². The van der Waals surface area contributed by atoms with Crippen LogP contribution in [0.1, 0.15) is 42.5 Å². The van der Waals surface area contributed by atoms with Crippen LogP contribution in [0, 0.1) is 18.3 Å². The number of rotatable bonds is 5. The fourth-order valence-electron chi connectivity index (χ4n) is 4.57. The molecule has 0 spiro atoms. The number of aliphatic hydroxyl groups is 2. The molecule has 3 aromatic rings. The molecule has 8 nitrogen and oxygen atoms in total. The Balaban J connectivity index is 1.61. The molecule has 1 saturated carbocycles. The van der Waals surface area contributed by atoms with Gasteiger partial charge in [0.1, 0.15) is 10.7 Å². The molecule has 0 saturated heterocycles. The lowest BCUT2D eigenvalue weighted by Crippen LogP contribution is -2.52. The van der Waals surface area contributed by atoms with Crippen molar-refractivity contribution in [1.29, 1.82) is 0 Å². The molecule has 4 N–H and O–H groups in total. The third kappa shape index (κ3) is 5.06. The Morgan fingerprint density at radius 1 is 1.19 bits per heavy atom. The number of thiazole rings is 1. The number of aliphatic carboxylic acids is 1. The van der Waals surface area contributed by atoms with Crippen LogP contribution < -0.4 is 5.32 Å². The van der Waals surface area contributed by atoms with Gasteiger partial charge in [-0.25, -0.2) is 15.0 Å². The van der Waals surface area contributed by atoms with E-state index >= 15 is 0 Å². The number of nitrogens with one attached hydrogen (secondary N) is 1. The van der Waals surface area contributed by atoms with Crippen molar-refractivity contribution in [2.24, 2.45) is 11.3 Å². The molecule has 36 heavy (non-hydrogen) atoms. The molecule has 0 amide bonds. The normalized spacial score (nSPS) is 23.9. The molecule has 0 bridgehead atoms. The van der Waals surface area contributed by atoms with Gasteiger partial charge in [0.25, 0.3) is 0 Å². The van der Waals surface area contributed by atoms with Crippen LogP contribution in [0.2, 0.25) is 0 Å². The van der Waals surface area contributed by atoms with Gasteiger partial charge < -0.3 is 20.6 Å². The first-order chi connectivity index (χ1) is 16.8. The maximum atomic E-state index is 13.0. The van der Waals surface area contributed by atoms with Gasteiger partial charge in [0.2, 0.25) is 5.95 Å². The van der Waals surface area contributed by atoms with E-state index in [0.717, 1.165) is 23.4 Å². The Kier molecular flexibility index (Phi) is 6.80. The average Bonchev–Trinajstić information content (AvgIpc) is 3.25. The van der Waals surface area contributed by atoms with Crippen LogP contribution in [0.15, 0.2) is 36.7 Å². The summed E-state index contributed by atoms with van der Waals surface area (Å²) in [6.45, 7) is 5.16. The maximum absolute atomic E-state index is 13.0. The summed E-state index contributed by atoms with van der Waals surface area (Å²) in [6, 6.07) is 6.11. The largest absolute Gasteiger partial charge is 0.481 e. The standard InChI is InChI=1S/C24H25F3N4O4S/c1-11-6-12(8-13(7-11)30-22-28-5-4-17(31-22)24(25,26)27)16-10-29-20(36-16)18-15(32)9-14(21(34)35)23(2,3)19(18)33/h4-8,10,14-15,18-19,32-33H,9H2,1-3H3,(H,34,35)(H,28,30,31). The molecule has 192 valence electrons. The van der Waals surface area contributed by atoms with Crippen LogP contribution >= 0.6 is 11.3 Å². The number of halogens is 3. The zero-order valence-corrected chi connectivity index (χ0v) is 20.4. The van der Waals surface area contributed by atoms with Crippen LogP contribution in [0.25, 0.3) is 10.4 Å². The Morgan fingerprint density at radius 3 is 2.58 bits per heavy atom. The van der Waals surface area contributed by atoms with Gasteiger partial charge in [-0.05, 0) is 42.7 Å². The third-order valence-corrected chi connectivity index (χ3v) is 7.71. The number of carboxylic acid groups (broad SMARTS) is 1. The molecule has 1 fully saturated rings. The highest BCUT2D eigenvalue weighted by Crippen LogP contribution is 2.49. The molecule has 4 unspecified atom stereocenters. The lowest BCUT2D eigenvalue weighted by Gasteiger charge is -2.46. The minimum absolute atomic E-state index is 0.00548. The summed E-state index contributed by atoms with van der Waals surface area (Å²) in [7, 11) is 0. The summed E-state index contributed by atoms with van der Waals surface area (Å²) in [5.74, 6) is -2.92. The molecule has 2 heterocycles. The highest BCUT2D eigenvalue weighted by molar-refractivity contribution is 7.15. The zero-order valence-electron chi connectivity index (χ0n) is 19.6. The lowest BCUT2D eigenvalue weighted by molar-refractivity contribution is -0.161. The van der Waals surface area contributed by atoms with Crippen molar-refractivity contribution in [2.75, 3.05) is 5.32 Å². The van der Waals surface area contributed by atoms with Gasteiger partial charge in [-0.1, -0.05) is 19.9 Å². The first kappa shape index (κ1) is 26.0. The number of carboxylic acids is 1. The Hall–Kier alpha value is -3.09. The first-order valence-corrected chi connectivity index (χ1v) is 11.9. The number of alkyl halides is 3. The molecule has 2 aromatic heterocycles. The summed E-state index contributed by atoms with van der Waals surface area (Å²) in [5, 5.41) is 34.5. The van der Waals surface area contributed by atoms with E-state index in [1.54, 1.807) is 32.2 Å².